The molecule has 1 aromatic heterocycles. The molecule has 1 aliphatic heterocycles. The number of carbonyl (C=O) groups is 2. The molecule has 0 spiro atoms. The van der Waals surface area contributed by atoms with Gasteiger partial charge in [-0.15, -0.1) is 11.3 Å². The standard InChI is InChI=1S/C13H19N3O4S/c1-3-6(17)11-10(14)9(12(20)15-2)13(21-11)16-4-7(18)8(19)5-16/h7-8,18-19H,3-5,14H2,1-2H3,(H,15,20). The van der Waals surface area contributed by atoms with Crippen LogP contribution in [0.15, 0.2) is 0 Å². The summed E-state index contributed by atoms with van der Waals surface area (Å²) in [5.41, 5.74) is 6.37. The summed E-state index contributed by atoms with van der Waals surface area (Å²) < 4.78 is 0. The van der Waals surface area contributed by atoms with Gasteiger partial charge in [0.05, 0.1) is 28.3 Å². The molecule has 2 rings (SSSR count). The first-order valence-corrected chi connectivity index (χ1v) is 7.50. The number of nitrogens with two attached hydrogens (primary N) is 1. The third-order valence-corrected chi connectivity index (χ3v) is 4.81. The average molecular weight is 313 g/mol. The first-order chi connectivity index (χ1) is 9.90. The van der Waals surface area contributed by atoms with E-state index in [1.165, 1.54) is 7.05 Å². The van der Waals surface area contributed by atoms with E-state index in [4.69, 9.17) is 5.73 Å². The molecule has 0 radical (unpaired) electrons. The number of carbonyl (C=O) groups excluding carboxylic acids is 2. The molecule has 7 nitrogen and oxygen atoms in total. The van der Waals surface area contributed by atoms with Crippen LogP contribution >= 0.6 is 11.3 Å². The Morgan fingerprint density at radius 2 is 1.95 bits per heavy atom. The van der Waals surface area contributed by atoms with E-state index < -0.39 is 12.2 Å². The molecule has 0 aromatic carbocycles. The van der Waals surface area contributed by atoms with E-state index in [0.29, 0.717) is 16.3 Å². The molecule has 0 aliphatic carbocycles. The highest BCUT2D eigenvalue weighted by atomic mass is 32.1. The molecule has 5 N–H and O–H groups in total. The maximum absolute atomic E-state index is 12.1. The maximum atomic E-state index is 12.1. The van der Waals surface area contributed by atoms with Gasteiger partial charge >= 0.3 is 0 Å². The van der Waals surface area contributed by atoms with E-state index in [2.05, 4.69) is 5.32 Å². The van der Waals surface area contributed by atoms with Crippen LogP contribution < -0.4 is 16.0 Å². The molecular formula is C13H19N3O4S. The highest BCUT2D eigenvalue weighted by molar-refractivity contribution is 7.19. The number of β-amino-alcohol motifs (C(OH)–C–C–N with tert-alkyl or cyclic N) is 2. The maximum Gasteiger partial charge on any atom is 0.256 e. The summed E-state index contributed by atoms with van der Waals surface area (Å²) in [4.78, 5) is 26.0. The van der Waals surface area contributed by atoms with Crippen LogP contribution in [-0.4, -0.2) is 54.2 Å². The number of nitrogens with one attached hydrogen (secondary N) is 1. The van der Waals surface area contributed by atoms with Crippen LogP contribution in [0.25, 0.3) is 0 Å². The minimum Gasteiger partial charge on any atom is -0.397 e. The van der Waals surface area contributed by atoms with Crippen LogP contribution in [0.3, 0.4) is 0 Å². The van der Waals surface area contributed by atoms with Crippen LogP contribution in [-0.2, 0) is 0 Å². The molecule has 1 aliphatic rings. The molecule has 2 unspecified atom stereocenters. The van der Waals surface area contributed by atoms with Crippen molar-refractivity contribution in [3.05, 3.63) is 10.4 Å². The predicted molar refractivity (Wildman–Crippen MR) is 81.0 cm³/mol. The molecule has 1 amide bonds. The summed E-state index contributed by atoms with van der Waals surface area (Å²) in [5.74, 6) is -0.515. The molecule has 1 fully saturated rings. The molecule has 1 saturated heterocycles. The fourth-order valence-corrected chi connectivity index (χ4v) is 3.55. The second-order valence-corrected chi connectivity index (χ2v) is 5.92. The van der Waals surface area contributed by atoms with E-state index >= 15 is 0 Å². The molecule has 21 heavy (non-hydrogen) atoms. The van der Waals surface area contributed by atoms with Gasteiger partial charge in [-0.3, -0.25) is 9.59 Å². The zero-order valence-electron chi connectivity index (χ0n) is 11.9. The molecule has 2 heterocycles. The van der Waals surface area contributed by atoms with Gasteiger partial charge in [0.1, 0.15) is 5.00 Å². The highest BCUT2D eigenvalue weighted by Gasteiger charge is 2.35. The number of rotatable bonds is 4. The van der Waals surface area contributed by atoms with Crippen molar-refractivity contribution in [3.8, 4) is 0 Å². The van der Waals surface area contributed by atoms with E-state index in [1.807, 2.05) is 0 Å². The Morgan fingerprint density at radius 3 is 2.43 bits per heavy atom. The number of nitrogen functional groups attached to an aromatic ring is 1. The van der Waals surface area contributed by atoms with Gasteiger partial charge in [-0.2, -0.15) is 0 Å². The van der Waals surface area contributed by atoms with Crippen molar-refractivity contribution in [2.45, 2.75) is 25.6 Å². The van der Waals surface area contributed by atoms with Crippen molar-refractivity contribution in [2.24, 2.45) is 0 Å². The summed E-state index contributed by atoms with van der Waals surface area (Å²) in [6, 6.07) is 0. The molecule has 1 aromatic rings. The number of aliphatic hydroxyl groups excluding tert-OH is 2. The SMILES string of the molecule is CCC(=O)c1sc(N2CC(O)C(O)C2)c(C(=O)NC)c1N. The number of Topliss-reactive ketones (excluding diaryl/α,β-unsaturated/α-hetero) is 1. The number of anilines is 2. The van der Waals surface area contributed by atoms with Crippen LogP contribution in [0.1, 0.15) is 33.4 Å². The van der Waals surface area contributed by atoms with Crippen LogP contribution in [0.4, 0.5) is 10.7 Å². The van der Waals surface area contributed by atoms with Gasteiger partial charge in [0.2, 0.25) is 0 Å². The second-order valence-electron chi connectivity index (χ2n) is 4.92. The molecule has 116 valence electrons. The zero-order valence-corrected chi connectivity index (χ0v) is 12.7. The Balaban J connectivity index is 2.49. The van der Waals surface area contributed by atoms with Gasteiger partial charge in [0, 0.05) is 26.6 Å². The summed E-state index contributed by atoms with van der Waals surface area (Å²) in [6.45, 7) is 2.12. The van der Waals surface area contributed by atoms with Gasteiger partial charge in [-0.1, -0.05) is 6.92 Å². The van der Waals surface area contributed by atoms with Crippen LogP contribution in [0.5, 0.6) is 0 Å². The summed E-state index contributed by atoms with van der Waals surface area (Å²) in [6.07, 6.45) is -1.46. The molecule has 2 atom stereocenters. The van der Waals surface area contributed by atoms with Crippen molar-refractivity contribution >= 4 is 33.7 Å². The molecule has 0 saturated carbocycles. The van der Waals surface area contributed by atoms with E-state index in [9.17, 15) is 19.8 Å². The molecular weight excluding hydrogens is 294 g/mol. The van der Waals surface area contributed by atoms with Gasteiger partial charge in [-0.25, -0.2) is 0 Å². The minimum absolute atomic E-state index is 0.130. The van der Waals surface area contributed by atoms with Gasteiger partial charge in [-0.05, 0) is 0 Å². The smallest absolute Gasteiger partial charge is 0.256 e. The first-order valence-electron chi connectivity index (χ1n) is 6.69. The summed E-state index contributed by atoms with van der Waals surface area (Å²) in [5, 5.41) is 22.3. The van der Waals surface area contributed by atoms with E-state index in [0.717, 1.165) is 11.3 Å². The lowest BCUT2D eigenvalue weighted by atomic mass is 10.1. The third-order valence-electron chi connectivity index (χ3n) is 3.50. The monoisotopic (exact) mass is 313 g/mol. The van der Waals surface area contributed by atoms with Crippen molar-refractivity contribution < 1.29 is 19.8 Å². The van der Waals surface area contributed by atoms with Gasteiger partial charge < -0.3 is 26.2 Å². The lowest BCUT2D eigenvalue weighted by Gasteiger charge is -2.17. The number of nitrogens with zero attached hydrogens (tertiary/aromatic N) is 1. The van der Waals surface area contributed by atoms with Crippen LogP contribution in [0, 0.1) is 0 Å². The van der Waals surface area contributed by atoms with Crippen LogP contribution in [0.2, 0.25) is 0 Å². The Bertz CT molecular complexity index is 562. The van der Waals surface area contributed by atoms with Gasteiger partial charge in [0.25, 0.3) is 5.91 Å². The Kier molecular flexibility index (Phi) is 4.50. The summed E-state index contributed by atoms with van der Waals surface area (Å²) >= 11 is 1.13. The Hall–Kier alpha value is -1.64. The second kappa shape index (κ2) is 6.00. The molecule has 0 bridgehead atoms. The third kappa shape index (κ3) is 2.74. The topological polar surface area (TPSA) is 116 Å². The van der Waals surface area contributed by atoms with E-state index in [-0.39, 0.29) is 36.0 Å². The fourth-order valence-electron chi connectivity index (χ4n) is 2.30. The van der Waals surface area contributed by atoms with Crippen molar-refractivity contribution in [1.82, 2.24) is 5.32 Å². The lowest BCUT2D eigenvalue weighted by molar-refractivity contribution is 0.0572. The number of hydrogen-bond donors (Lipinski definition) is 4. The largest absolute Gasteiger partial charge is 0.397 e. The predicted octanol–water partition coefficient (Wildman–Crippen LogP) is -0.176. The van der Waals surface area contributed by atoms with Crippen molar-refractivity contribution in [1.29, 1.82) is 0 Å². The lowest BCUT2D eigenvalue weighted by Crippen LogP contribution is -2.25. The van der Waals surface area contributed by atoms with Crippen molar-refractivity contribution in [2.75, 3.05) is 30.8 Å². The van der Waals surface area contributed by atoms with Crippen molar-refractivity contribution in [3.63, 3.8) is 0 Å². The number of amides is 1. The quantitative estimate of drug-likeness (QED) is 0.573. The first kappa shape index (κ1) is 15.7. The minimum atomic E-state index is -0.879. The average Bonchev–Trinajstić information content (AvgIpc) is 2.98. The zero-order chi connectivity index (χ0) is 15.7. The Labute approximate surface area is 126 Å². The number of thiophene rings is 1. The number of ketones is 1. The Morgan fingerprint density at radius 1 is 1.38 bits per heavy atom. The normalized spacial score (nSPS) is 21.6. The van der Waals surface area contributed by atoms with Gasteiger partial charge in [0.15, 0.2) is 5.78 Å². The van der Waals surface area contributed by atoms with E-state index in [1.54, 1.807) is 11.8 Å². The fraction of sp³-hybridized carbons (Fsp3) is 0.538. The number of aliphatic hydroxyl groups is 2. The molecule has 8 heteroatoms. The summed E-state index contributed by atoms with van der Waals surface area (Å²) in [7, 11) is 1.48. The highest BCUT2D eigenvalue weighted by Crippen LogP contribution is 2.40. The number of hydrogen-bond acceptors (Lipinski definition) is 7.